The van der Waals surface area contributed by atoms with Crippen LogP contribution in [0.2, 0.25) is 0 Å². The summed E-state index contributed by atoms with van der Waals surface area (Å²) in [6, 6.07) is 14.3. The molecule has 1 heterocycles. The van der Waals surface area contributed by atoms with Crippen molar-refractivity contribution in [2.24, 2.45) is 0 Å². The Kier molecular flexibility index (Phi) is 3.43. The maximum absolute atomic E-state index is 12.9. The molecule has 3 aromatic rings. The number of benzene rings is 3. The Morgan fingerprint density at radius 1 is 0.962 bits per heavy atom. The maximum atomic E-state index is 12.9. The molecule has 0 bridgehead atoms. The highest BCUT2D eigenvalue weighted by molar-refractivity contribution is 6.26. The summed E-state index contributed by atoms with van der Waals surface area (Å²) in [5.41, 5.74) is 7.68. The first kappa shape index (κ1) is 15.8. The number of imide groups is 1. The number of nitrogen functional groups attached to an aromatic ring is 1. The molecular formula is C19H13N3O4. The molecular weight excluding hydrogens is 334 g/mol. The molecule has 1 aliphatic heterocycles. The van der Waals surface area contributed by atoms with Gasteiger partial charge < -0.3 is 5.73 Å². The number of rotatable bonds is 3. The topological polar surface area (TPSA) is 107 Å². The van der Waals surface area contributed by atoms with Crippen molar-refractivity contribution in [2.45, 2.75) is 6.54 Å². The van der Waals surface area contributed by atoms with Crippen LogP contribution in [-0.2, 0) is 6.54 Å². The van der Waals surface area contributed by atoms with Gasteiger partial charge in [0, 0.05) is 39.7 Å². The average Bonchev–Trinajstić information content (AvgIpc) is 2.64. The molecule has 7 nitrogen and oxygen atoms in total. The van der Waals surface area contributed by atoms with Crippen LogP contribution in [0.4, 0.5) is 11.4 Å². The molecule has 0 fully saturated rings. The number of non-ortho nitro benzene ring substituents is 1. The third-order valence-corrected chi connectivity index (χ3v) is 4.49. The number of nitro benzene ring substituents is 1. The molecule has 0 saturated heterocycles. The van der Waals surface area contributed by atoms with E-state index in [1.807, 2.05) is 0 Å². The zero-order valence-electron chi connectivity index (χ0n) is 13.5. The van der Waals surface area contributed by atoms with Gasteiger partial charge in [0.05, 0.1) is 11.5 Å². The van der Waals surface area contributed by atoms with Crippen molar-refractivity contribution in [1.82, 2.24) is 4.90 Å². The second kappa shape index (κ2) is 5.66. The lowest BCUT2D eigenvalue weighted by molar-refractivity contribution is -0.384. The van der Waals surface area contributed by atoms with E-state index in [1.165, 1.54) is 18.2 Å². The standard InChI is InChI=1S/C19H13N3O4/c20-16-8-7-15-17-13(16)5-2-6-14(17)18(23)21(19(15)24)10-11-3-1-4-12(9-11)22(25)26/h1-9H,10,20H2. The molecule has 0 radical (unpaired) electrons. The number of nitro groups is 1. The molecule has 1 aliphatic rings. The third-order valence-electron chi connectivity index (χ3n) is 4.49. The SMILES string of the molecule is Nc1ccc2c3c(cccc13)C(=O)N(Cc1cccc([N+](=O)[O-])c1)C2=O. The van der Waals surface area contributed by atoms with Gasteiger partial charge >= 0.3 is 0 Å². The van der Waals surface area contributed by atoms with Crippen LogP contribution in [0.15, 0.2) is 54.6 Å². The number of carbonyl (C=O) groups excluding carboxylic acids is 2. The van der Waals surface area contributed by atoms with Crippen molar-refractivity contribution in [3.63, 3.8) is 0 Å². The predicted octanol–water partition coefficient (Wildman–Crippen LogP) is 3.13. The van der Waals surface area contributed by atoms with E-state index in [4.69, 9.17) is 5.73 Å². The van der Waals surface area contributed by atoms with Gasteiger partial charge in [0.1, 0.15) is 0 Å². The smallest absolute Gasteiger partial charge is 0.269 e. The van der Waals surface area contributed by atoms with Gasteiger partial charge in [0.2, 0.25) is 0 Å². The summed E-state index contributed by atoms with van der Waals surface area (Å²) < 4.78 is 0. The normalized spacial score (nSPS) is 13.3. The molecule has 0 atom stereocenters. The van der Waals surface area contributed by atoms with E-state index < -0.39 is 16.7 Å². The molecule has 2 amide bonds. The molecule has 7 heteroatoms. The van der Waals surface area contributed by atoms with Crippen LogP contribution in [0.5, 0.6) is 0 Å². The highest BCUT2D eigenvalue weighted by atomic mass is 16.6. The van der Waals surface area contributed by atoms with Gasteiger partial charge in [0.15, 0.2) is 0 Å². The van der Waals surface area contributed by atoms with Crippen molar-refractivity contribution in [3.8, 4) is 0 Å². The van der Waals surface area contributed by atoms with E-state index in [2.05, 4.69) is 0 Å². The zero-order chi connectivity index (χ0) is 18.4. The Labute approximate surface area is 147 Å². The molecule has 0 aliphatic carbocycles. The molecule has 0 unspecified atom stereocenters. The second-order valence-corrected chi connectivity index (χ2v) is 6.05. The lowest BCUT2D eigenvalue weighted by Gasteiger charge is -2.27. The van der Waals surface area contributed by atoms with Gasteiger partial charge in [-0.15, -0.1) is 0 Å². The number of amides is 2. The number of carbonyl (C=O) groups is 2. The van der Waals surface area contributed by atoms with Crippen molar-refractivity contribution in [2.75, 3.05) is 5.73 Å². The zero-order valence-corrected chi connectivity index (χ0v) is 13.5. The van der Waals surface area contributed by atoms with Gasteiger partial charge in [0.25, 0.3) is 17.5 Å². The highest BCUT2D eigenvalue weighted by Crippen LogP contribution is 2.33. The summed E-state index contributed by atoms with van der Waals surface area (Å²) in [4.78, 5) is 37.3. The van der Waals surface area contributed by atoms with E-state index in [1.54, 1.807) is 36.4 Å². The van der Waals surface area contributed by atoms with Crippen LogP contribution >= 0.6 is 0 Å². The van der Waals surface area contributed by atoms with Crippen LogP contribution in [0.1, 0.15) is 26.3 Å². The summed E-state index contributed by atoms with van der Waals surface area (Å²) in [6.45, 7) is -0.0421. The Bertz CT molecular complexity index is 1080. The average molecular weight is 347 g/mol. The molecule has 2 N–H and O–H groups in total. The summed E-state index contributed by atoms with van der Waals surface area (Å²) in [5, 5.41) is 12.2. The molecule has 0 saturated carbocycles. The number of hydrogen-bond acceptors (Lipinski definition) is 5. The minimum Gasteiger partial charge on any atom is -0.398 e. The quantitative estimate of drug-likeness (QED) is 0.339. The summed E-state index contributed by atoms with van der Waals surface area (Å²) in [7, 11) is 0. The van der Waals surface area contributed by atoms with Crippen molar-refractivity contribution in [3.05, 3.63) is 81.4 Å². The van der Waals surface area contributed by atoms with Gasteiger partial charge in [-0.1, -0.05) is 24.3 Å². The van der Waals surface area contributed by atoms with Crippen LogP contribution < -0.4 is 5.73 Å². The molecule has 0 aromatic heterocycles. The Morgan fingerprint density at radius 3 is 2.38 bits per heavy atom. The van der Waals surface area contributed by atoms with Crippen molar-refractivity contribution >= 4 is 34.0 Å². The molecule has 4 rings (SSSR count). The molecule has 26 heavy (non-hydrogen) atoms. The van der Waals surface area contributed by atoms with Gasteiger partial charge in [-0.25, -0.2) is 0 Å². The van der Waals surface area contributed by atoms with E-state index in [9.17, 15) is 19.7 Å². The molecule has 0 spiro atoms. The van der Waals surface area contributed by atoms with E-state index >= 15 is 0 Å². The fourth-order valence-electron chi connectivity index (χ4n) is 3.26. The van der Waals surface area contributed by atoms with E-state index in [0.29, 0.717) is 33.2 Å². The fraction of sp³-hybridized carbons (Fsp3) is 0.0526. The predicted molar refractivity (Wildman–Crippen MR) is 95.7 cm³/mol. The largest absolute Gasteiger partial charge is 0.398 e. The summed E-state index contributed by atoms with van der Waals surface area (Å²) >= 11 is 0. The second-order valence-electron chi connectivity index (χ2n) is 6.05. The van der Waals surface area contributed by atoms with E-state index in [-0.39, 0.29) is 12.2 Å². The first-order valence-electron chi connectivity index (χ1n) is 7.88. The summed E-state index contributed by atoms with van der Waals surface area (Å²) in [6.07, 6.45) is 0. The molecule has 3 aromatic carbocycles. The van der Waals surface area contributed by atoms with Crippen LogP contribution in [0, 0.1) is 10.1 Å². The summed E-state index contributed by atoms with van der Waals surface area (Å²) in [5.74, 6) is -0.879. The number of nitrogens with zero attached hydrogens (tertiary/aromatic N) is 2. The third kappa shape index (κ3) is 2.29. The highest BCUT2D eigenvalue weighted by Gasteiger charge is 2.33. The monoisotopic (exact) mass is 347 g/mol. The first-order valence-corrected chi connectivity index (χ1v) is 7.88. The van der Waals surface area contributed by atoms with Crippen LogP contribution in [0.3, 0.4) is 0 Å². The number of hydrogen-bond donors (Lipinski definition) is 1. The first-order chi connectivity index (χ1) is 12.5. The Hall–Kier alpha value is -3.74. The van der Waals surface area contributed by atoms with Gasteiger partial charge in [-0.3, -0.25) is 24.6 Å². The molecule has 128 valence electrons. The number of nitrogens with two attached hydrogens (primary N) is 1. The van der Waals surface area contributed by atoms with Gasteiger partial charge in [-0.2, -0.15) is 0 Å². The Balaban J connectivity index is 1.80. The van der Waals surface area contributed by atoms with Crippen LogP contribution in [-0.4, -0.2) is 21.6 Å². The van der Waals surface area contributed by atoms with Gasteiger partial charge in [-0.05, 0) is 23.8 Å². The van der Waals surface area contributed by atoms with Crippen molar-refractivity contribution in [1.29, 1.82) is 0 Å². The maximum Gasteiger partial charge on any atom is 0.269 e. The van der Waals surface area contributed by atoms with Crippen LogP contribution in [0.25, 0.3) is 10.8 Å². The minimum atomic E-state index is -0.512. The Morgan fingerprint density at radius 2 is 1.65 bits per heavy atom. The van der Waals surface area contributed by atoms with E-state index in [0.717, 1.165) is 4.90 Å². The minimum absolute atomic E-state index is 0.0421. The number of anilines is 1. The van der Waals surface area contributed by atoms with Crippen molar-refractivity contribution < 1.29 is 14.5 Å². The lowest BCUT2D eigenvalue weighted by Crippen LogP contribution is -2.39. The fourth-order valence-corrected chi connectivity index (χ4v) is 3.26. The lowest BCUT2D eigenvalue weighted by atomic mass is 9.93.